The van der Waals surface area contributed by atoms with E-state index in [1.54, 1.807) is 24.3 Å². The number of para-hydroxylation sites is 1. The van der Waals surface area contributed by atoms with Crippen LogP contribution in [0.4, 0.5) is 10.1 Å². The van der Waals surface area contributed by atoms with E-state index in [1.807, 2.05) is 18.2 Å². The van der Waals surface area contributed by atoms with Crippen molar-refractivity contribution in [2.24, 2.45) is 0 Å². The SMILES string of the molecule is O=C(CN(c1ccccc1F)S(=O)(=O)c1ccccc1)NCCCc1ccccc1Cl. The third-order valence-corrected chi connectivity index (χ3v) is 6.79. The highest BCUT2D eigenvalue weighted by molar-refractivity contribution is 7.92. The lowest BCUT2D eigenvalue weighted by Gasteiger charge is -2.24. The molecule has 0 heterocycles. The molecular formula is C23H22ClFN2O3S. The quantitative estimate of drug-likeness (QED) is 0.480. The zero-order valence-electron chi connectivity index (χ0n) is 16.7. The molecule has 5 nitrogen and oxygen atoms in total. The molecule has 0 atom stereocenters. The summed E-state index contributed by atoms with van der Waals surface area (Å²) in [5.74, 6) is -1.25. The fourth-order valence-electron chi connectivity index (χ4n) is 3.07. The van der Waals surface area contributed by atoms with Gasteiger partial charge in [0.25, 0.3) is 10.0 Å². The van der Waals surface area contributed by atoms with Gasteiger partial charge in [0, 0.05) is 11.6 Å². The van der Waals surface area contributed by atoms with Crippen LogP contribution in [0.25, 0.3) is 0 Å². The van der Waals surface area contributed by atoms with E-state index in [0.717, 1.165) is 15.9 Å². The highest BCUT2D eigenvalue weighted by Gasteiger charge is 2.28. The van der Waals surface area contributed by atoms with Gasteiger partial charge in [-0.15, -0.1) is 0 Å². The Hall–Kier alpha value is -2.90. The summed E-state index contributed by atoms with van der Waals surface area (Å²) in [6.07, 6.45) is 1.29. The highest BCUT2D eigenvalue weighted by atomic mass is 35.5. The molecular weight excluding hydrogens is 439 g/mol. The minimum atomic E-state index is -4.14. The van der Waals surface area contributed by atoms with Crippen LogP contribution < -0.4 is 9.62 Å². The Kier molecular flexibility index (Phi) is 7.65. The minimum absolute atomic E-state index is 0.0234. The van der Waals surface area contributed by atoms with E-state index in [-0.39, 0.29) is 10.6 Å². The topological polar surface area (TPSA) is 66.5 Å². The van der Waals surface area contributed by atoms with Crippen molar-refractivity contribution >= 4 is 33.2 Å². The molecule has 0 radical (unpaired) electrons. The number of aryl methyl sites for hydroxylation is 1. The number of hydrogen-bond acceptors (Lipinski definition) is 3. The summed E-state index contributed by atoms with van der Waals surface area (Å²) < 4.78 is 41.5. The smallest absolute Gasteiger partial charge is 0.264 e. The van der Waals surface area contributed by atoms with Gasteiger partial charge in [-0.05, 0) is 48.7 Å². The van der Waals surface area contributed by atoms with Crippen molar-refractivity contribution in [3.05, 3.63) is 95.3 Å². The Morgan fingerprint density at radius 1 is 0.935 bits per heavy atom. The van der Waals surface area contributed by atoms with Crippen molar-refractivity contribution in [1.82, 2.24) is 5.32 Å². The van der Waals surface area contributed by atoms with Crippen LogP contribution in [0.5, 0.6) is 0 Å². The number of nitrogens with zero attached hydrogens (tertiary/aromatic N) is 1. The average Bonchev–Trinajstić information content (AvgIpc) is 2.77. The van der Waals surface area contributed by atoms with E-state index in [2.05, 4.69) is 5.32 Å². The summed E-state index contributed by atoms with van der Waals surface area (Å²) in [5.41, 5.74) is 0.788. The Bertz CT molecular complexity index is 1140. The van der Waals surface area contributed by atoms with Crippen LogP contribution in [0.15, 0.2) is 83.8 Å². The average molecular weight is 461 g/mol. The number of sulfonamides is 1. The molecule has 0 aliphatic heterocycles. The number of nitrogens with one attached hydrogen (secondary N) is 1. The number of carbonyl (C=O) groups excluding carboxylic acids is 1. The van der Waals surface area contributed by atoms with Crippen molar-refractivity contribution in [2.45, 2.75) is 17.7 Å². The number of benzene rings is 3. The molecule has 31 heavy (non-hydrogen) atoms. The molecule has 0 aliphatic rings. The summed E-state index contributed by atoms with van der Waals surface area (Å²) >= 11 is 6.13. The molecule has 3 rings (SSSR count). The zero-order chi connectivity index (χ0) is 22.3. The maximum Gasteiger partial charge on any atom is 0.264 e. The lowest BCUT2D eigenvalue weighted by Crippen LogP contribution is -2.41. The van der Waals surface area contributed by atoms with Gasteiger partial charge in [0.05, 0.1) is 10.6 Å². The maximum atomic E-state index is 14.4. The van der Waals surface area contributed by atoms with Gasteiger partial charge in [0.2, 0.25) is 5.91 Å². The van der Waals surface area contributed by atoms with Crippen LogP contribution in [-0.4, -0.2) is 27.4 Å². The first-order valence-electron chi connectivity index (χ1n) is 9.72. The molecule has 3 aromatic rings. The molecule has 1 amide bonds. The second kappa shape index (κ2) is 10.4. The number of amides is 1. The van der Waals surface area contributed by atoms with Gasteiger partial charge in [-0.2, -0.15) is 0 Å². The van der Waals surface area contributed by atoms with Crippen molar-refractivity contribution in [3.63, 3.8) is 0 Å². The summed E-state index contributed by atoms with van der Waals surface area (Å²) in [6.45, 7) is -0.204. The first-order chi connectivity index (χ1) is 14.9. The molecule has 3 aromatic carbocycles. The van der Waals surface area contributed by atoms with Gasteiger partial charge in [-0.3, -0.25) is 9.10 Å². The Labute approximate surface area is 186 Å². The lowest BCUT2D eigenvalue weighted by molar-refractivity contribution is -0.119. The molecule has 162 valence electrons. The van der Waals surface area contributed by atoms with Gasteiger partial charge in [-0.25, -0.2) is 12.8 Å². The molecule has 0 aromatic heterocycles. The standard InChI is InChI=1S/C23H22ClFN2O3S/c24-20-13-5-4-9-18(20)10-8-16-26-23(28)17-27(22-15-7-6-14-21(22)25)31(29,30)19-11-2-1-3-12-19/h1-7,9,11-15H,8,10,16-17H2,(H,26,28). The fraction of sp³-hybridized carbons (Fsp3) is 0.174. The van der Waals surface area contributed by atoms with Gasteiger partial charge >= 0.3 is 0 Å². The van der Waals surface area contributed by atoms with Crippen LogP contribution in [0.1, 0.15) is 12.0 Å². The molecule has 0 fully saturated rings. The van der Waals surface area contributed by atoms with Crippen LogP contribution in [0, 0.1) is 5.82 Å². The molecule has 8 heteroatoms. The minimum Gasteiger partial charge on any atom is -0.355 e. The van der Waals surface area contributed by atoms with Crippen molar-refractivity contribution in [1.29, 1.82) is 0 Å². The van der Waals surface area contributed by atoms with Gasteiger partial charge in [0.15, 0.2) is 0 Å². The number of hydrogen-bond donors (Lipinski definition) is 1. The van der Waals surface area contributed by atoms with Gasteiger partial charge in [0.1, 0.15) is 12.4 Å². The Morgan fingerprint density at radius 3 is 2.29 bits per heavy atom. The van der Waals surface area contributed by atoms with Crippen LogP contribution in [-0.2, 0) is 21.2 Å². The van der Waals surface area contributed by atoms with Gasteiger partial charge in [-0.1, -0.05) is 60.1 Å². The monoisotopic (exact) mass is 460 g/mol. The summed E-state index contributed by atoms with van der Waals surface area (Å²) in [7, 11) is -4.14. The maximum absolute atomic E-state index is 14.4. The normalized spacial score (nSPS) is 11.2. The second-order valence-electron chi connectivity index (χ2n) is 6.82. The summed E-state index contributed by atoms with van der Waals surface area (Å²) in [6, 6.07) is 20.6. The fourth-order valence-corrected chi connectivity index (χ4v) is 4.75. The van der Waals surface area contributed by atoms with Crippen LogP contribution in [0.3, 0.4) is 0 Å². The van der Waals surface area contributed by atoms with Crippen molar-refractivity contribution in [2.75, 3.05) is 17.4 Å². The Balaban J connectivity index is 1.71. The molecule has 0 saturated carbocycles. The predicted octanol–water partition coefficient (Wildman–Crippen LogP) is 4.42. The summed E-state index contributed by atoms with van der Waals surface area (Å²) in [4.78, 5) is 12.5. The number of carbonyl (C=O) groups is 1. The molecule has 0 unspecified atom stereocenters. The van der Waals surface area contributed by atoms with Crippen molar-refractivity contribution in [3.8, 4) is 0 Å². The molecule has 0 aliphatic carbocycles. The van der Waals surface area contributed by atoms with E-state index in [4.69, 9.17) is 11.6 Å². The molecule has 0 spiro atoms. The van der Waals surface area contributed by atoms with E-state index >= 15 is 0 Å². The first kappa shape index (κ1) is 22.8. The van der Waals surface area contributed by atoms with E-state index < -0.39 is 28.3 Å². The third-order valence-electron chi connectivity index (χ3n) is 4.64. The molecule has 1 N–H and O–H groups in total. The van der Waals surface area contributed by atoms with Gasteiger partial charge < -0.3 is 5.32 Å². The van der Waals surface area contributed by atoms with E-state index in [0.29, 0.717) is 24.4 Å². The lowest BCUT2D eigenvalue weighted by atomic mass is 10.1. The second-order valence-corrected chi connectivity index (χ2v) is 9.09. The van der Waals surface area contributed by atoms with E-state index in [9.17, 15) is 17.6 Å². The summed E-state index contributed by atoms with van der Waals surface area (Å²) in [5, 5.41) is 3.37. The molecule has 0 saturated heterocycles. The Morgan fingerprint density at radius 2 is 1.58 bits per heavy atom. The first-order valence-corrected chi connectivity index (χ1v) is 11.5. The van der Waals surface area contributed by atoms with Crippen LogP contribution in [0.2, 0.25) is 5.02 Å². The van der Waals surface area contributed by atoms with Crippen molar-refractivity contribution < 1.29 is 17.6 Å². The zero-order valence-corrected chi connectivity index (χ0v) is 18.2. The van der Waals surface area contributed by atoms with E-state index in [1.165, 1.54) is 30.3 Å². The number of anilines is 1. The van der Waals surface area contributed by atoms with Crippen LogP contribution >= 0.6 is 11.6 Å². The largest absolute Gasteiger partial charge is 0.355 e. The molecule has 0 bridgehead atoms. The third kappa shape index (κ3) is 5.83. The number of rotatable bonds is 9. The predicted molar refractivity (Wildman–Crippen MR) is 120 cm³/mol. The number of halogens is 2. The highest BCUT2D eigenvalue weighted by Crippen LogP contribution is 2.26.